The van der Waals surface area contributed by atoms with Gasteiger partial charge in [-0.15, -0.1) is 0 Å². The molecule has 0 aliphatic heterocycles. The summed E-state index contributed by atoms with van der Waals surface area (Å²) < 4.78 is 0. The van der Waals surface area contributed by atoms with Gasteiger partial charge >= 0.3 is 0 Å². The fraction of sp³-hybridized carbons (Fsp3) is 0.304. The van der Waals surface area contributed by atoms with Crippen LogP contribution >= 0.6 is 0 Å². The molecule has 2 N–H and O–H groups in total. The van der Waals surface area contributed by atoms with Gasteiger partial charge in [0.2, 0.25) is 11.8 Å². The van der Waals surface area contributed by atoms with Crippen molar-refractivity contribution in [3.8, 4) is 0 Å². The van der Waals surface area contributed by atoms with Crippen molar-refractivity contribution in [3.05, 3.63) is 83.9 Å². The van der Waals surface area contributed by atoms with Crippen LogP contribution in [-0.4, -0.2) is 11.8 Å². The van der Waals surface area contributed by atoms with E-state index in [1.54, 1.807) is 0 Å². The van der Waals surface area contributed by atoms with Crippen molar-refractivity contribution < 1.29 is 9.59 Å². The summed E-state index contributed by atoms with van der Waals surface area (Å²) in [7, 11) is 0. The van der Waals surface area contributed by atoms with Crippen molar-refractivity contribution in [3.63, 3.8) is 0 Å². The molecule has 2 aromatic rings. The molecule has 0 aromatic heterocycles. The van der Waals surface area contributed by atoms with Crippen LogP contribution in [-0.2, 0) is 22.7 Å². The zero-order valence-electron chi connectivity index (χ0n) is 15.2. The third-order valence-corrected chi connectivity index (χ3v) is 5.68. The molecule has 2 aliphatic carbocycles. The summed E-state index contributed by atoms with van der Waals surface area (Å²) in [5.41, 5.74) is 2.13. The molecule has 2 aromatic carbocycles. The SMILES string of the molecule is O=C(NCc1ccccc1)[C@@H]1[C@H](C(=O)NCc2ccccc2)[C@@H]2C=C[C@H]1C2. The summed E-state index contributed by atoms with van der Waals surface area (Å²) in [6, 6.07) is 19.7. The van der Waals surface area contributed by atoms with Crippen LogP contribution in [0.4, 0.5) is 0 Å². The number of carbonyl (C=O) groups excluding carboxylic acids is 2. The van der Waals surface area contributed by atoms with Crippen LogP contribution in [0.3, 0.4) is 0 Å². The average molecular weight is 360 g/mol. The number of hydrogen-bond acceptors (Lipinski definition) is 2. The standard InChI is InChI=1S/C23H24N2O2/c26-22(24-14-16-7-3-1-4-8-16)20-18-11-12-19(13-18)21(20)23(27)25-15-17-9-5-2-6-10-17/h1-12,18-21H,13-15H2,(H,24,26)(H,25,27)/t18-,19+,20-,21+. The molecule has 4 atom stereocenters. The first kappa shape index (κ1) is 17.5. The lowest BCUT2D eigenvalue weighted by atomic mass is 9.81. The second-order valence-corrected chi connectivity index (χ2v) is 7.41. The Hall–Kier alpha value is -2.88. The predicted molar refractivity (Wildman–Crippen MR) is 104 cm³/mol. The van der Waals surface area contributed by atoms with Crippen LogP contribution in [0.2, 0.25) is 0 Å². The van der Waals surface area contributed by atoms with Crippen molar-refractivity contribution in [1.29, 1.82) is 0 Å². The Labute approximate surface area is 159 Å². The van der Waals surface area contributed by atoms with Gasteiger partial charge in [0.15, 0.2) is 0 Å². The first-order chi connectivity index (χ1) is 13.2. The van der Waals surface area contributed by atoms with E-state index in [9.17, 15) is 9.59 Å². The third kappa shape index (κ3) is 3.80. The number of amides is 2. The van der Waals surface area contributed by atoms with Gasteiger partial charge in [-0.25, -0.2) is 0 Å². The highest BCUT2D eigenvalue weighted by atomic mass is 16.2. The molecule has 1 saturated carbocycles. The Morgan fingerprint density at radius 1 is 0.704 bits per heavy atom. The Bertz CT molecular complexity index is 762. The van der Waals surface area contributed by atoms with E-state index in [1.807, 2.05) is 60.7 Å². The Morgan fingerprint density at radius 3 is 1.52 bits per heavy atom. The van der Waals surface area contributed by atoms with E-state index in [0.29, 0.717) is 13.1 Å². The summed E-state index contributed by atoms with van der Waals surface area (Å²) in [5.74, 6) is -0.262. The monoisotopic (exact) mass is 360 g/mol. The normalized spacial score (nSPS) is 25.3. The molecule has 0 unspecified atom stereocenters. The highest BCUT2D eigenvalue weighted by Gasteiger charge is 2.51. The zero-order chi connectivity index (χ0) is 18.6. The van der Waals surface area contributed by atoms with E-state index >= 15 is 0 Å². The molecule has 0 radical (unpaired) electrons. The molecule has 4 nitrogen and oxygen atoms in total. The third-order valence-electron chi connectivity index (χ3n) is 5.68. The Balaban J connectivity index is 1.40. The molecule has 138 valence electrons. The van der Waals surface area contributed by atoms with E-state index < -0.39 is 0 Å². The number of carbonyl (C=O) groups is 2. The lowest BCUT2D eigenvalue weighted by Gasteiger charge is -2.26. The molecule has 2 bridgehead atoms. The van der Waals surface area contributed by atoms with Gasteiger partial charge in [-0.05, 0) is 29.4 Å². The highest BCUT2D eigenvalue weighted by molar-refractivity contribution is 5.89. The quantitative estimate of drug-likeness (QED) is 0.778. The minimum Gasteiger partial charge on any atom is -0.352 e. The molecule has 0 saturated heterocycles. The molecule has 27 heavy (non-hydrogen) atoms. The number of fused-ring (bicyclic) bond motifs is 2. The van der Waals surface area contributed by atoms with Gasteiger partial charge in [0.1, 0.15) is 0 Å². The molecule has 4 heteroatoms. The van der Waals surface area contributed by atoms with Crippen LogP contribution in [0.5, 0.6) is 0 Å². The fourth-order valence-corrected chi connectivity index (χ4v) is 4.34. The van der Waals surface area contributed by atoms with E-state index in [4.69, 9.17) is 0 Å². The van der Waals surface area contributed by atoms with Crippen molar-refractivity contribution >= 4 is 11.8 Å². The smallest absolute Gasteiger partial charge is 0.224 e. The van der Waals surface area contributed by atoms with Crippen LogP contribution in [0.25, 0.3) is 0 Å². The van der Waals surface area contributed by atoms with Gasteiger partial charge in [-0.3, -0.25) is 9.59 Å². The van der Waals surface area contributed by atoms with Gasteiger partial charge in [0.25, 0.3) is 0 Å². The Morgan fingerprint density at radius 2 is 1.11 bits per heavy atom. The fourth-order valence-electron chi connectivity index (χ4n) is 4.34. The van der Waals surface area contributed by atoms with Crippen molar-refractivity contribution in [2.24, 2.45) is 23.7 Å². The average Bonchev–Trinajstić information content (AvgIpc) is 3.33. The maximum absolute atomic E-state index is 12.9. The van der Waals surface area contributed by atoms with Gasteiger partial charge in [-0.2, -0.15) is 0 Å². The second kappa shape index (κ2) is 7.78. The first-order valence-corrected chi connectivity index (χ1v) is 9.54. The van der Waals surface area contributed by atoms with Gasteiger partial charge in [0.05, 0.1) is 11.8 Å². The lowest BCUT2D eigenvalue weighted by molar-refractivity contribution is -0.135. The molecule has 0 heterocycles. The van der Waals surface area contributed by atoms with E-state index in [-0.39, 0.29) is 35.5 Å². The van der Waals surface area contributed by atoms with Gasteiger partial charge in [-0.1, -0.05) is 72.8 Å². The van der Waals surface area contributed by atoms with Gasteiger partial charge in [0, 0.05) is 13.1 Å². The number of benzene rings is 2. The summed E-state index contributed by atoms with van der Waals surface area (Å²) >= 11 is 0. The second-order valence-electron chi connectivity index (χ2n) is 7.41. The first-order valence-electron chi connectivity index (χ1n) is 9.54. The number of hydrogen-bond donors (Lipinski definition) is 2. The topological polar surface area (TPSA) is 58.2 Å². The number of allylic oxidation sites excluding steroid dienone is 2. The minimum atomic E-state index is -0.278. The molecule has 2 aliphatic rings. The summed E-state index contributed by atoms with van der Waals surface area (Å²) in [6.07, 6.45) is 5.11. The minimum absolute atomic E-state index is 0.0180. The van der Waals surface area contributed by atoms with Crippen LogP contribution in [0.15, 0.2) is 72.8 Å². The molecule has 1 fully saturated rings. The highest BCUT2D eigenvalue weighted by Crippen LogP contribution is 2.48. The van der Waals surface area contributed by atoms with E-state index in [0.717, 1.165) is 17.5 Å². The molecular weight excluding hydrogens is 336 g/mol. The van der Waals surface area contributed by atoms with Gasteiger partial charge < -0.3 is 10.6 Å². The molecule has 2 amide bonds. The van der Waals surface area contributed by atoms with E-state index in [2.05, 4.69) is 22.8 Å². The van der Waals surface area contributed by atoms with Crippen LogP contribution in [0.1, 0.15) is 17.5 Å². The lowest BCUT2D eigenvalue weighted by Crippen LogP contribution is -2.43. The maximum Gasteiger partial charge on any atom is 0.224 e. The number of rotatable bonds is 6. The van der Waals surface area contributed by atoms with Crippen molar-refractivity contribution in [1.82, 2.24) is 10.6 Å². The molecular formula is C23H24N2O2. The molecule has 0 spiro atoms. The summed E-state index contributed by atoms with van der Waals surface area (Å²) in [6.45, 7) is 0.991. The van der Waals surface area contributed by atoms with Crippen LogP contribution < -0.4 is 10.6 Å². The van der Waals surface area contributed by atoms with Crippen LogP contribution in [0, 0.1) is 23.7 Å². The van der Waals surface area contributed by atoms with Crippen molar-refractivity contribution in [2.75, 3.05) is 0 Å². The number of nitrogens with one attached hydrogen (secondary N) is 2. The zero-order valence-corrected chi connectivity index (χ0v) is 15.2. The van der Waals surface area contributed by atoms with E-state index in [1.165, 1.54) is 0 Å². The summed E-state index contributed by atoms with van der Waals surface area (Å²) in [5, 5.41) is 6.06. The predicted octanol–water partition coefficient (Wildman–Crippen LogP) is 3.06. The van der Waals surface area contributed by atoms with Crippen molar-refractivity contribution in [2.45, 2.75) is 19.5 Å². The molecule has 4 rings (SSSR count). The maximum atomic E-state index is 12.9. The summed E-state index contributed by atoms with van der Waals surface area (Å²) in [4.78, 5) is 25.7. The Kier molecular flexibility index (Phi) is 5.05. The largest absolute Gasteiger partial charge is 0.352 e.